The zero-order valence-corrected chi connectivity index (χ0v) is 13.7. The average molecular weight is 323 g/mol. The zero-order valence-electron chi connectivity index (χ0n) is 12.9. The van der Waals surface area contributed by atoms with Crippen LogP contribution in [0.25, 0.3) is 0 Å². The van der Waals surface area contributed by atoms with Gasteiger partial charge in [-0.2, -0.15) is 0 Å². The van der Waals surface area contributed by atoms with Gasteiger partial charge in [-0.15, -0.1) is 11.3 Å². The molecule has 0 aliphatic rings. The van der Waals surface area contributed by atoms with E-state index in [1.165, 1.54) is 23.5 Å². The Hall–Kier alpha value is -1.27. The van der Waals surface area contributed by atoms with E-state index in [0.717, 1.165) is 16.9 Å². The second kappa shape index (κ2) is 7.83. The van der Waals surface area contributed by atoms with E-state index in [4.69, 9.17) is 4.74 Å². The van der Waals surface area contributed by atoms with Crippen LogP contribution in [0.5, 0.6) is 0 Å². The van der Waals surface area contributed by atoms with Crippen LogP contribution in [0, 0.1) is 5.82 Å². The Labute approximate surface area is 134 Å². The molecule has 0 radical (unpaired) electrons. The minimum Gasteiger partial charge on any atom is -0.385 e. The highest BCUT2D eigenvalue weighted by atomic mass is 32.1. The number of rotatable bonds is 8. The average Bonchev–Trinajstić information content (AvgIpc) is 3.04. The van der Waals surface area contributed by atoms with E-state index in [0.29, 0.717) is 13.2 Å². The summed E-state index contributed by atoms with van der Waals surface area (Å²) in [6, 6.07) is 10.3. The van der Waals surface area contributed by atoms with Crippen LogP contribution in [0.2, 0.25) is 0 Å². The molecular weight excluding hydrogens is 301 g/mol. The van der Waals surface area contributed by atoms with Crippen LogP contribution in [0.1, 0.15) is 29.8 Å². The van der Waals surface area contributed by atoms with Crippen molar-refractivity contribution in [3.05, 3.63) is 58.0 Å². The molecule has 2 aromatic rings. The summed E-state index contributed by atoms with van der Waals surface area (Å²) in [5.74, 6) is -0.250. The number of thiophene rings is 1. The predicted octanol–water partition coefficient (Wildman–Crippen LogP) is 3.46. The van der Waals surface area contributed by atoms with E-state index in [1.807, 2.05) is 17.5 Å². The van der Waals surface area contributed by atoms with Crippen molar-refractivity contribution in [2.45, 2.75) is 25.0 Å². The highest BCUT2D eigenvalue weighted by molar-refractivity contribution is 7.10. The fraction of sp³-hybridized carbons (Fsp3) is 0.412. The van der Waals surface area contributed by atoms with Crippen LogP contribution in [-0.2, 0) is 10.3 Å². The lowest BCUT2D eigenvalue weighted by atomic mass is 10.0. The minimum absolute atomic E-state index is 0.00647. The van der Waals surface area contributed by atoms with Crippen molar-refractivity contribution in [1.29, 1.82) is 0 Å². The van der Waals surface area contributed by atoms with Gasteiger partial charge < -0.3 is 15.2 Å². The first-order valence-electron chi connectivity index (χ1n) is 7.27. The summed E-state index contributed by atoms with van der Waals surface area (Å²) >= 11 is 1.53. The van der Waals surface area contributed by atoms with E-state index >= 15 is 0 Å². The van der Waals surface area contributed by atoms with Gasteiger partial charge in [0.15, 0.2) is 0 Å². The van der Waals surface area contributed by atoms with Crippen LogP contribution in [-0.4, -0.2) is 25.4 Å². The fourth-order valence-electron chi connectivity index (χ4n) is 2.31. The van der Waals surface area contributed by atoms with Crippen molar-refractivity contribution < 1.29 is 14.2 Å². The molecule has 0 amide bonds. The van der Waals surface area contributed by atoms with Gasteiger partial charge in [-0.3, -0.25) is 0 Å². The van der Waals surface area contributed by atoms with Gasteiger partial charge in [-0.25, -0.2) is 4.39 Å². The molecule has 22 heavy (non-hydrogen) atoms. The number of hydrogen-bond acceptors (Lipinski definition) is 4. The molecule has 0 spiro atoms. The molecule has 120 valence electrons. The zero-order chi connectivity index (χ0) is 16.0. The number of benzene rings is 1. The first-order chi connectivity index (χ1) is 10.5. The molecule has 3 nitrogen and oxygen atoms in total. The Balaban J connectivity index is 2.05. The summed E-state index contributed by atoms with van der Waals surface area (Å²) in [5.41, 5.74) is 0.0555. The van der Waals surface area contributed by atoms with Gasteiger partial charge in [-0.1, -0.05) is 18.2 Å². The molecule has 1 aromatic carbocycles. The molecule has 2 unspecified atom stereocenters. The largest absolute Gasteiger partial charge is 0.385 e. The lowest BCUT2D eigenvalue weighted by Gasteiger charge is -2.27. The summed E-state index contributed by atoms with van der Waals surface area (Å²) in [6.45, 7) is 2.80. The molecule has 5 heteroatoms. The Morgan fingerprint density at radius 3 is 2.64 bits per heavy atom. The molecule has 2 N–H and O–H groups in total. The first-order valence-corrected chi connectivity index (χ1v) is 8.15. The maximum Gasteiger partial charge on any atom is 0.123 e. The van der Waals surface area contributed by atoms with Crippen LogP contribution < -0.4 is 5.32 Å². The molecule has 2 rings (SSSR count). The van der Waals surface area contributed by atoms with Gasteiger partial charge in [0.2, 0.25) is 0 Å². The van der Waals surface area contributed by atoms with Crippen molar-refractivity contribution in [3.8, 4) is 0 Å². The summed E-state index contributed by atoms with van der Waals surface area (Å²) in [4.78, 5) is 0.921. The van der Waals surface area contributed by atoms with Crippen molar-refractivity contribution in [1.82, 2.24) is 5.32 Å². The summed E-state index contributed by atoms with van der Waals surface area (Å²) in [6.07, 6.45) is 0.753. The molecule has 1 heterocycles. The van der Waals surface area contributed by atoms with E-state index < -0.39 is 5.60 Å². The van der Waals surface area contributed by atoms with E-state index in [-0.39, 0.29) is 11.9 Å². The molecule has 0 bridgehead atoms. The second-order valence-electron chi connectivity index (χ2n) is 5.52. The Bertz CT molecular complexity index is 555. The standard InChI is InChI=1S/C17H22FNO2S/c1-17(20,16-4-3-11-22-16)12-19-15(9-10-21-2)13-5-7-14(18)8-6-13/h3-8,11,15,19-20H,9-10,12H2,1-2H3. The van der Waals surface area contributed by atoms with E-state index in [1.54, 1.807) is 26.2 Å². The smallest absolute Gasteiger partial charge is 0.123 e. The van der Waals surface area contributed by atoms with E-state index in [9.17, 15) is 9.50 Å². The van der Waals surface area contributed by atoms with Crippen molar-refractivity contribution in [3.63, 3.8) is 0 Å². The Kier molecular flexibility index (Phi) is 6.08. The highest BCUT2D eigenvalue weighted by Crippen LogP contribution is 2.26. The quantitative estimate of drug-likeness (QED) is 0.782. The number of ether oxygens (including phenoxy) is 1. The van der Waals surface area contributed by atoms with Crippen molar-refractivity contribution in [2.24, 2.45) is 0 Å². The molecule has 1 aromatic heterocycles. The number of nitrogens with one attached hydrogen (secondary N) is 1. The maximum absolute atomic E-state index is 13.1. The number of halogens is 1. The van der Waals surface area contributed by atoms with E-state index in [2.05, 4.69) is 5.32 Å². The predicted molar refractivity (Wildman–Crippen MR) is 87.5 cm³/mol. The molecule has 0 saturated carbocycles. The number of hydrogen-bond donors (Lipinski definition) is 2. The maximum atomic E-state index is 13.1. The molecule has 0 aliphatic carbocycles. The third-order valence-electron chi connectivity index (χ3n) is 3.63. The SMILES string of the molecule is COCCC(NCC(C)(O)c1cccs1)c1ccc(F)cc1. The first kappa shape index (κ1) is 17.1. The monoisotopic (exact) mass is 323 g/mol. The molecular formula is C17H22FNO2S. The van der Waals surface area contributed by atoms with Gasteiger partial charge in [-0.05, 0) is 42.5 Å². The van der Waals surface area contributed by atoms with Crippen molar-refractivity contribution >= 4 is 11.3 Å². The van der Waals surface area contributed by atoms with Gasteiger partial charge in [0.25, 0.3) is 0 Å². The van der Waals surface area contributed by atoms with Gasteiger partial charge in [0.1, 0.15) is 11.4 Å². The van der Waals surface area contributed by atoms with Crippen LogP contribution >= 0.6 is 11.3 Å². The minimum atomic E-state index is -0.931. The number of aliphatic hydroxyl groups is 1. The molecule has 0 saturated heterocycles. The summed E-state index contributed by atoms with van der Waals surface area (Å²) in [5, 5.41) is 15.9. The van der Waals surface area contributed by atoms with Crippen LogP contribution in [0.3, 0.4) is 0 Å². The lowest BCUT2D eigenvalue weighted by molar-refractivity contribution is 0.0557. The Morgan fingerprint density at radius 1 is 1.32 bits per heavy atom. The molecule has 0 aliphatic heterocycles. The van der Waals surface area contributed by atoms with Crippen LogP contribution in [0.15, 0.2) is 41.8 Å². The summed E-state index contributed by atoms with van der Waals surface area (Å²) in [7, 11) is 1.66. The van der Waals surface area contributed by atoms with Gasteiger partial charge in [0, 0.05) is 31.2 Å². The lowest BCUT2D eigenvalue weighted by Crippen LogP contribution is -2.37. The third-order valence-corrected chi connectivity index (χ3v) is 4.75. The molecule has 2 atom stereocenters. The fourth-order valence-corrected chi connectivity index (χ4v) is 3.10. The van der Waals surface area contributed by atoms with Crippen LogP contribution in [0.4, 0.5) is 4.39 Å². The molecule has 0 fully saturated rings. The second-order valence-corrected chi connectivity index (χ2v) is 6.47. The third kappa shape index (κ3) is 4.61. The topological polar surface area (TPSA) is 41.5 Å². The van der Waals surface area contributed by atoms with Crippen molar-refractivity contribution in [2.75, 3.05) is 20.3 Å². The van der Waals surface area contributed by atoms with Gasteiger partial charge in [0.05, 0.1) is 0 Å². The normalized spacial score (nSPS) is 15.5. The highest BCUT2D eigenvalue weighted by Gasteiger charge is 2.25. The van der Waals surface area contributed by atoms with Gasteiger partial charge >= 0.3 is 0 Å². The summed E-state index contributed by atoms with van der Waals surface area (Å²) < 4.78 is 18.2. The Morgan fingerprint density at radius 2 is 2.05 bits per heavy atom. The number of methoxy groups -OCH3 is 1.